The van der Waals surface area contributed by atoms with Crippen molar-refractivity contribution in [1.29, 1.82) is 0 Å². The summed E-state index contributed by atoms with van der Waals surface area (Å²) in [6.07, 6.45) is 0.875. The van der Waals surface area contributed by atoms with E-state index in [4.69, 9.17) is 0 Å². The Balaban J connectivity index is 1.44. The molecule has 3 aromatic heterocycles. The van der Waals surface area contributed by atoms with Gasteiger partial charge in [-0.25, -0.2) is 4.98 Å². The fourth-order valence-corrected chi connectivity index (χ4v) is 5.05. The molecule has 1 aromatic carbocycles. The molecule has 4 rings (SSSR count). The van der Waals surface area contributed by atoms with Crippen LogP contribution in [0.1, 0.15) is 14.5 Å². The van der Waals surface area contributed by atoms with E-state index in [0.717, 1.165) is 26.7 Å². The van der Waals surface area contributed by atoms with E-state index in [1.807, 2.05) is 36.4 Å². The third kappa shape index (κ3) is 3.26. The van der Waals surface area contributed by atoms with Gasteiger partial charge in [0.25, 0.3) is 5.91 Å². The van der Waals surface area contributed by atoms with Crippen LogP contribution < -0.4 is 5.32 Å². The first-order chi connectivity index (χ1) is 11.8. The van der Waals surface area contributed by atoms with Crippen LogP contribution in [0, 0.1) is 0 Å². The molecule has 24 heavy (non-hydrogen) atoms. The van der Waals surface area contributed by atoms with E-state index in [1.54, 1.807) is 22.7 Å². The van der Waals surface area contributed by atoms with Gasteiger partial charge >= 0.3 is 0 Å². The number of nitrogens with zero attached hydrogens (tertiary/aromatic N) is 1. The molecule has 0 aliphatic carbocycles. The number of thiophene rings is 2. The maximum Gasteiger partial charge on any atom is 0.261 e. The quantitative estimate of drug-likeness (QED) is 0.533. The lowest BCUT2D eigenvalue weighted by Crippen LogP contribution is -2.24. The predicted octanol–water partition coefficient (Wildman–Crippen LogP) is 5.06. The number of rotatable bonds is 5. The molecule has 3 heterocycles. The van der Waals surface area contributed by atoms with Crippen LogP contribution in [0.15, 0.2) is 53.9 Å². The van der Waals surface area contributed by atoms with Crippen LogP contribution in [-0.2, 0) is 6.42 Å². The molecule has 0 fully saturated rings. The Morgan fingerprint density at radius 3 is 2.79 bits per heavy atom. The van der Waals surface area contributed by atoms with Crippen molar-refractivity contribution >= 4 is 50.1 Å². The number of hydrogen-bond acceptors (Lipinski definition) is 5. The average Bonchev–Trinajstić information content (AvgIpc) is 3.33. The standard InChI is InChI=1S/C18H14N2OS3/c21-17(19-10-9-12-4-3-11-22-12)15-7-8-16(23-15)18-20-13-5-1-2-6-14(13)24-18/h1-8,11H,9-10H2,(H,19,21). The zero-order chi connectivity index (χ0) is 16.4. The maximum atomic E-state index is 12.3. The van der Waals surface area contributed by atoms with Crippen molar-refractivity contribution < 1.29 is 4.79 Å². The highest BCUT2D eigenvalue weighted by molar-refractivity contribution is 7.26. The lowest BCUT2D eigenvalue weighted by molar-refractivity contribution is 0.0958. The zero-order valence-corrected chi connectivity index (χ0v) is 15.1. The second-order valence-corrected chi connectivity index (χ2v) is 8.38. The summed E-state index contributed by atoms with van der Waals surface area (Å²) in [5, 5.41) is 6.02. The Kier molecular flexibility index (Phi) is 4.42. The number of thiazole rings is 1. The van der Waals surface area contributed by atoms with Gasteiger partial charge in [-0.1, -0.05) is 18.2 Å². The first-order valence-corrected chi connectivity index (χ1v) is 10.1. The fraction of sp³-hybridized carbons (Fsp3) is 0.111. The number of carbonyl (C=O) groups is 1. The number of para-hydroxylation sites is 1. The Labute approximate surface area is 151 Å². The van der Waals surface area contributed by atoms with E-state index in [1.165, 1.54) is 20.9 Å². The smallest absolute Gasteiger partial charge is 0.261 e. The van der Waals surface area contributed by atoms with E-state index in [2.05, 4.69) is 27.8 Å². The number of carbonyl (C=O) groups excluding carboxylic acids is 1. The molecule has 0 bridgehead atoms. The summed E-state index contributed by atoms with van der Waals surface area (Å²) in [5.41, 5.74) is 1.01. The van der Waals surface area contributed by atoms with Crippen LogP contribution in [0.2, 0.25) is 0 Å². The van der Waals surface area contributed by atoms with E-state index >= 15 is 0 Å². The van der Waals surface area contributed by atoms with Crippen LogP contribution in [0.4, 0.5) is 0 Å². The topological polar surface area (TPSA) is 42.0 Å². The molecule has 0 saturated heterocycles. The van der Waals surface area contributed by atoms with E-state index in [-0.39, 0.29) is 5.91 Å². The molecular weight excluding hydrogens is 356 g/mol. The highest BCUT2D eigenvalue weighted by atomic mass is 32.1. The number of nitrogens with one attached hydrogen (secondary N) is 1. The Morgan fingerprint density at radius 1 is 1.04 bits per heavy atom. The van der Waals surface area contributed by atoms with Gasteiger partial charge in [-0.05, 0) is 42.1 Å². The van der Waals surface area contributed by atoms with Gasteiger partial charge in [-0.15, -0.1) is 34.0 Å². The highest BCUT2D eigenvalue weighted by Crippen LogP contribution is 2.34. The number of aromatic nitrogens is 1. The molecule has 0 saturated carbocycles. The third-order valence-electron chi connectivity index (χ3n) is 3.57. The highest BCUT2D eigenvalue weighted by Gasteiger charge is 2.13. The number of hydrogen-bond donors (Lipinski definition) is 1. The SMILES string of the molecule is O=C(NCCc1cccs1)c1ccc(-c2nc3ccccc3s2)s1. The normalized spacial score (nSPS) is 11.0. The minimum Gasteiger partial charge on any atom is -0.351 e. The molecule has 0 spiro atoms. The molecule has 0 aliphatic heterocycles. The van der Waals surface area contributed by atoms with Crippen LogP contribution in [0.3, 0.4) is 0 Å². The zero-order valence-electron chi connectivity index (χ0n) is 12.7. The lowest BCUT2D eigenvalue weighted by atomic mass is 10.3. The van der Waals surface area contributed by atoms with Gasteiger partial charge in [-0.3, -0.25) is 4.79 Å². The molecule has 0 atom stereocenters. The van der Waals surface area contributed by atoms with Gasteiger partial charge in [0.15, 0.2) is 0 Å². The van der Waals surface area contributed by atoms with Crippen molar-refractivity contribution in [2.45, 2.75) is 6.42 Å². The summed E-state index contributed by atoms with van der Waals surface area (Å²) >= 11 is 4.87. The predicted molar refractivity (Wildman–Crippen MR) is 103 cm³/mol. The van der Waals surface area contributed by atoms with Gasteiger partial charge < -0.3 is 5.32 Å². The fourth-order valence-electron chi connectivity index (χ4n) is 2.39. The summed E-state index contributed by atoms with van der Waals surface area (Å²) in [4.78, 5) is 20.0. The number of benzene rings is 1. The largest absolute Gasteiger partial charge is 0.351 e. The molecule has 1 N–H and O–H groups in total. The molecular formula is C18H14N2OS3. The molecule has 3 nitrogen and oxygen atoms in total. The summed E-state index contributed by atoms with van der Waals surface area (Å²) in [7, 11) is 0. The maximum absolute atomic E-state index is 12.3. The van der Waals surface area contributed by atoms with Crippen molar-refractivity contribution in [2.24, 2.45) is 0 Å². The molecule has 0 radical (unpaired) electrons. The monoisotopic (exact) mass is 370 g/mol. The van der Waals surface area contributed by atoms with Gasteiger partial charge in [0.1, 0.15) is 5.01 Å². The Hall–Kier alpha value is -2.02. The van der Waals surface area contributed by atoms with E-state index < -0.39 is 0 Å². The summed E-state index contributed by atoms with van der Waals surface area (Å²) < 4.78 is 1.17. The average molecular weight is 371 g/mol. The molecule has 6 heteroatoms. The molecule has 1 amide bonds. The summed E-state index contributed by atoms with van der Waals surface area (Å²) in [6, 6.07) is 16.1. The summed E-state index contributed by atoms with van der Waals surface area (Å²) in [5.74, 6) is -0.0103. The molecule has 0 unspecified atom stereocenters. The molecule has 4 aromatic rings. The van der Waals surface area contributed by atoms with Gasteiger partial charge in [0.2, 0.25) is 0 Å². The van der Waals surface area contributed by atoms with Gasteiger partial charge in [0, 0.05) is 11.4 Å². The molecule has 0 aliphatic rings. The minimum atomic E-state index is -0.0103. The first kappa shape index (κ1) is 15.5. The Bertz CT molecular complexity index is 936. The van der Waals surface area contributed by atoms with Crippen molar-refractivity contribution in [3.8, 4) is 9.88 Å². The minimum absolute atomic E-state index is 0.0103. The summed E-state index contributed by atoms with van der Waals surface area (Å²) in [6.45, 7) is 0.660. The van der Waals surface area contributed by atoms with Crippen LogP contribution in [0.5, 0.6) is 0 Å². The van der Waals surface area contributed by atoms with Crippen molar-refractivity contribution in [3.63, 3.8) is 0 Å². The Morgan fingerprint density at radius 2 is 1.96 bits per heavy atom. The molecule has 120 valence electrons. The van der Waals surface area contributed by atoms with Crippen LogP contribution in [0.25, 0.3) is 20.1 Å². The van der Waals surface area contributed by atoms with E-state index in [9.17, 15) is 4.79 Å². The second kappa shape index (κ2) is 6.84. The lowest BCUT2D eigenvalue weighted by Gasteiger charge is -2.01. The van der Waals surface area contributed by atoms with Crippen LogP contribution >= 0.6 is 34.0 Å². The van der Waals surface area contributed by atoms with Crippen molar-refractivity contribution in [3.05, 3.63) is 63.7 Å². The van der Waals surface area contributed by atoms with E-state index in [0.29, 0.717) is 6.54 Å². The first-order valence-electron chi connectivity index (χ1n) is 7.56. The van der Waals surface area contributed by atoms with Gasteiger partial charge in [-0.2, -0.15) is 0 Å². The van der Waals surface area contributed by atoms with Crippen molar-refractivity contribution in [1.82, 2.24) is 10.3 Å². The number of amides is 1. The van der Waals surface area contributed by atoms with Gasteiger partial charge in [0.05, 0.1) is 20.0 Å². The number of fused-ring (bicyclic) bond motifs is 1. The van der Waals surface area contributed by atoms with Crippen molar-refractivity contribution in [2.75, 3.05) is 6.54 Å². The third-order valence-corrected chi connectivity index (χ3v) is 6.80. The van der Waals surface area contributed by atoms with Crippen LogP contribution in [-0.4, -0.2) is 17.4 Å². The second-order valence-electron chi connectivity index (χ2n) is 5.24.